The molecule has 2 heterocycles. The monoisotopic (exact) mass is 692 g/mol. The number of aliphatic hydroxyl groups excluding tert-OH is 1. The van der Waals surface area contributed by atoms with Crippen molar-refractivity contribution in [2.24, 2.45) is 5.92 Å². The third-order valence-electron chi connectivity index (χ3n) is 10.1. The highest BCUT2D eigenvalue weighted by Gasteiger charge is 2.39. The number of rotatable bonds is 11. The van der Waals surface area contributed by atoms with Crippen molar-refractivity contribution >= 4 is 16.9 Å². The molecule has 2 N–H and O–H groups in total. The molecule has 8 nitrogen and oxygen atoms in total. The number of carbonyl (C=O) groups is 1. The summed E-state index contributed by atoms with van der Waals surface area (Å²) < 4.78 is 13.6. The molecule has 52 heavy (non-hydrogen) atoms. The van der Waals surface area contributed by atoms with Crippen LogP contribution >= 0.6 is 0 Å². The number of hydrogen-bond donors (Lipinski definition) is 2. The Labute approximate surface area is 305 Å². The Hall–Kier alpha value is -5.25. The Morgan fingerprint density at radius 2 is 1.52 bits per heavy atom. The first-order chi connectivity index (χ1) is 25.4. The average Bonchev–Trinajstić information content (AvgIpc) is 3.20. The fourth-order valence-corrected chi connectivity index (χ4v) is 6.82. The van der Waals surface area contributed by atoms with E-state index < -0.39 is 6.29 Å². The van der Waals surface area contributed by atoms with E-state index in [2.05, 4.69) is 108 Å². The van der Waals surface area contributed by atoms with E-state index >= 15 is 0 Å². The van der Waals surface area contributed by atoms with Gasteiger partial charge < -0.3 is 19.9 Å². The summed E-state index contributed by atoms with van der Waals surface area (Å²) in [4.78, 5) is 24.2. The minimum Gasteiger partial charge on any atom is -0.392 e. The predicted octanol–water partition coefficient (Wildman–Crippen LogP) is 8.20. The van der Waals surface area contributed by atoms with Gasteiger partial charge in [0.15, 0.2) is 6.29 Å². The van der Waals surface area contributed by atoms with Crippen molar-refractivity contribution in [3.63, 3.8) is 0 Å². The molecule has 0 unspecified atom stereocenters. The van der Waals surface area contributed by atoms with Crippen LogP contribution in [0.3, 0.4) is 0 Å². The van der Waals surface area contributed by atoms with Crippen molar-refractivity contribution in [1.29, 1.82) is 0 Å². The van der Waals surface area contributed by atoms with E-state index in [-0.39, 0.29) is 42.4 Å². The maximum Gasteiger partial charge on any atom is 0.271 e. The largest absolute Gasteiger partial charge is 0.392 e. The molecule has 1 fully saturated rings. The van der Waals surface area contributed by atoms with Crippen LogP contribution in [0.15, 0.2) is 134 Å². The molecule has 1 aliphatic rings. The zero-order chi connectivity index (χ0) is 36.0. The Balaban J connectivity index is 1.10. The topological polar surface area (TPSA) is 96.8 Å². The van der Waals surface area contributed by atoms with Crippen molar-refractivity contribution in [1.82, 2.24) is 20.2 Å². The number of nitrogens with zero attached hydrogens (tertiary/aromatic N) is 3. The predicted molar refractivity (Wildman–Crippen MR) is 203 cm³/mol. The van der Waals surface area contributed by atoms with Gasteiger partial charge in [-0.05, 0) is 71.6 Å². The number of para-hydroxylation sites is 2. The lowest BCUT2D eigenvalue weighted by atomic mass is 9.89. The first-order valence-electron chi connectivity index (χ1n) is 17.8. The summed E-state index contributed by atoms with van der Waals surface area (Å²) in [7, 11) is 2.15. The molecule has 0 aliphatic carbocycles. The zero-order valence-electron chi connectivity index (χ0n) is 29.7. The Kier molecular flexibility index (Phi) is 10.8. The Morgan fingerprint density at radius 3 is 2.29 bits per heavy atom. The number of aromatic nitrogens is 2. The van der Waals surface area contributed by atoms with E-state index in [0.29, 0.717) is 12.1 Å². The van der Waals surface area contributed by atoms with Crippen LogP contribution in [0.4, 0.5) is 0 Å². The second-order valence-electron chi connectivity index (χ2n) is 13.6. The van der Waals surface area contributed by atoms with Crippen molar-refractivity contribution in [2.45, 2.75) is 51.5 Å². The smallest absolute Gasteiger partial charge is 0.271 e. The van der Waals surface area contributed by atoms with E-state index in [9.17, 15) is 9.90 Å². The standard InChI is InChI=1S/C44H44N4O4/c1-29-41(27-48(3)30(2)33-12-5-4-6-13-33)51-44(52-42(29)34-21-19-31(28-49)20-22-34)37-16-10-15-36(24-37)35-14-9-11-32(23-35)25-46-43(50)40-26-45-38-17-7-8-18-39(38)47-40/h4-24,26,29-30,41-42,44,49H,25,27-28H2,1-3H3,(H,46,50)/t29-,30+,41+,42+,44+/m1/s1. The second kappa shape index (κ2) is 16.0. The number of hydrogen-bond acceptors (Lipinski definition) is 7. The van der Waals surface area contributed by atoms with Gasteiger partial charge in [-0.1, -0.05) is 110 Å². The summed E-state index contributed by atoms with van der Waals surface area (Å²) in [5, 5.41) is 12.7. The van der Waals surface area contributed by atoms with Gasteiger partial charge in [-0.3, -0.25) is 14.7 Å². The summed E-state index contributed by atoms with van der Waals surface area (Å²) in [5.74, 6) is -0.206. The lowest BCUT2D eigenvalue weighted by molar-refractivity contribution is -0.276. The SMILES string of the molecule is C[C@@H]1[C@H](CN(C)[C@@H](C)c2ccccc2)O[C@H](c2cccc(-c3cccc(CNC(=O)c4cnc5ccccc5n4)c3)c2)O[C@@H]1c1ccc(CO)cc1. The van der Waals surface area contributed by atoms with Crippen molar-refractivity contribution in [2.75, 3.05) is 13.6 Å². The number of likely N-dealkylation sites (N-methyl/N-ethyl adjacent to an activating group) is 1. The third-order valence-corrected chi connectivity index (χ3v) is 10.1. The van der Waals surface area contributed by atoms with E-state index in [4.69, 9.17) is 9.47 Å². The van der Waals surface area contributed by atoms with Gasteiger partial charge in [-0.25, -0.2) is 4.98 Å². The molecule has 6 aromatic rings. The van der Waals surface area contributed by atoms with E-state index in [0.717, 1.165) is 45.4 Å². The fourth-order valence-electron chi connectivity index (χ4n) is 6.82. The first-order valence-corrected chi connectivity index (χ1v) is 17.8. The van der Waals surface area contributed by atoms with Gasteiger partial charge in [0, 0.05) is 30.6 Å². The number of fused-ring (bicyclic) bond motifs is 1. The summed E-state index contributed by atoms with van der Waals surface area (Å²) in [6.45, 7) is 5.49. The summed E-state index contributed by atoms with van der Waals surface area (Å²) in [6.07, 6.45) is 0.603. The quantitative estimate of drug-likeness (QED) is 0.141. The molecule has 0 radical (unpaired) electrons. The zero-order valence-corrected chi connectivity index (χ0v) is 29.7. The molecular weight excluding hydrogens is 649 g/mol. The van der Waals surface area contributed by atoms with Gasteiger partial charge in [0.1, 0.15) is 5.69 Å². The van der Waals surface area contributed by atoms with Crippen molar-refractivity contribution in [3.05, 3.63) is 167 Å². The van der Waals surface area contributed by atoms with E-state index in [1.165, 1.54) is 11.8 Å². The maximum atomic E-state index is 13.0. The fraction of sp³-hybridized carbons (Fsp3) is 0.250. The molecule has 7 rings (SSSR count). The Morgan fingerprint density at radius 1 is 0.808 bits per heavy atom. The molecule has 8 heteroatoms. The van der Waals surface area contributed by atoms with Gasteiger partial charge in [0.25, 0.3) is 5.91 Å². The molecule has 1 amide bonds. The van der Waals surface area contributed by atoms with Crippen LogP contribution in [0.25, 0.3) is 22.2 Å². The van der Waals surface area contributed by atoms with Gasteiger partial charge in [0.2, 0.25) is 0 Å². The van der Waals surface area contributed by atoms with E-state index in [1.54, 1.807) is 0 Å². The summed E-state index contributed by atoms with van der Waals surface area (Å²) in [6, 6.07) is 42.7. The van der Waals surface area contributed by atoms with Crippen LogP contribution in [-0.4, -0.2) is 45.6 Å². The highest BCUT2D eigenvalue weighted by molar-refractivity contribution is 5.93. The molecule has 0 bridgehead atoms. The second-order valence-corrected chi connectivity index (χ2v) is 13.6. The molecule has 1 aromatic heterocycles. The number of carbonyl (C=O) groups excluding carboxylic acids is 1. The molecule has 264 valence electrons. The number of benzene rings is 5. The van der Waals surface area contributed by atoms with Gasteiger partial charge in [-0.15, -0.1) is 0 Å². The Bertz CT molecular complexity index is 2120. The minimum absolute atomic E-state index is 0.00259. The molecular formula is C44H44N4O4. The van der Waals surface area contributed by atoms with Crippen LogP contribution < -0.4 is 5.32 Å². The first kappa shape index (κ1) is 35.2. The van der Waals surface area contributed by atoms with Crippen molar-refractivity contribution in [3.8, 4) is 11.1 Å². The summed E-state index contributed by atoms with van der Waals surface area (Å²) >= 11 is 0. The average molecular weight is 693 g/mol. The molecule has 5 atom stereocenters. The van der Waals surface area contributed by atoms with Gasteiger partial charge in [-0.2, -0.15) is 0 Å². The number of ether oxygens (including phenoxy) is 2. The number of amides is 1. The van der Waals surface area contributed by atoms with Crippen LogP contribution in [0.1, 0.15) is 70.6 Å². The molecule has 0 saturated carbocycles. The third kappa shape index (κ3) is 7.96. The van der Waals surface area contributed by atoms with Crippen LogP contribution in [0.2, 0.25) is 0 Å². The molecule has 5 aromatic carbocycles. The van der Waals surface area contributed by atoms with Crippen LogP contribution in [0, 0.1) is 5.92 Å². The lowest BCUT2D eigenvalue weighted by Gasteiger charge is -2.43. The summed E-state index contributed by atoms with van der Waals surface area (Å²) in [5.41, 5.74) is 8.83. The van der Waals surface area contributed by atoms with Crippen molar-refractivity contribution < 1.29 is 19.4 Å². The van der Waals surface area contributed by atoms with Gasteiger partial charge >= 0.3 is 0 Å². The molecule has 1 aliphatic heterocycles. The van der Waals surface area contributed by atoms with Gasteiger partial charge in [0.05, 0.1) is 36.0 Å². The van der Waals surface area contributed by atoms with E-state index in [1.807, 2.05) is 60.7 Å². The normalized spacial score (nSPS) is 19.4. The number of aliphatic hydroxyl groups is 1. The maximum absolute atomic E-state index is 13.0. The minimum atomic E-state index is -0.588. The molecule has 0 spiro atoms. The molecule has 1 saturated heterocycles. The highest BCUT2D eigenvalue weighted by atomic mass is 16.7. The number of nitrogens with one attached hydrogen (secondary N) is 1. The van der Waals surface area contributed by atoms with Crippen LogP contribution in [-0.2, 0) is 22.6 Å². The van der Waals surface area contributed by atoms with Crippen LogP contribution in [0.5, 0.6) is 0 Å². The highest BCUT2D eigenvalue weighted by Crippen LogP contribution is 2.43. The lowest BCUT2D eigenvalue weighted by Crippen LogP contribution is -2.44.